The minimum atomic E-state index is -4.79. The van der Waals surface area contributed by atoms with Crippen molar-refractivity contribution in [2.24, 2.45) is 0 Å². The van der Waals surface area contributed by atoms with E-state index in [1.807, 2.05) is 0 Å². The highest BCUT2D eigenvalue weighted by Gasteiger charge is 2.37. The Morgan fingerprint density at radius 2 is 1.96 bits per heavy atom. The molecule has 0 bridgehead atoms. The summed E-state index contributed by atoms with van der Waals surface area (Å²) in [5, 5.41) is 8.70. The van der Waals surface area contributed by atoms with Crippen LogP contribution >= 0.6 is 0 Å². The topological polar surface area (TPSA) is 49.8 Å². The number of nitrogens with zero attached hydrogens (tertiary/aromatic N) is 1. The van der Waals surface area contributed by atoms with Crippen molar-refractivity contribution in [3.8, 4) is 0 Å². The third-order valence-electron chi connectivity index (χ3n) is 3.90. The van der Waals surface area contributed by atoms with Gasteiger partial charge in [0.15, 0.2) is 0 Å². The molecule has 0 spiro atoms. The Bertz CT molecular complexity index is 569. The summed E-state index contributed by atoms with van der Waals surface area (Å²) in [6.07, 6.45) is -3.32. The molecular weight excluding hydrogens is 330 g/mol. The molecule has 24 heavy (non-hydrogen) atoms. The van der Waals surface area contributed by atoms with E-state index in [0.29, 0.717) is 31.9 Å². The van der Waals surface area contributed by atoms with Crippen LogP contribution in [0.3, 0.4) is 0 Å². The molecule has 0 aliphatic carbocycles. The zero-order chi connectivity index (χ0) is 17.7. The van der Waals surface area contributed by atoms with Crippen LogP contribution in [-0.2, 0) is 10.9 Å². The number of likely N-dealkylation sites (tertiary alicyclic amines) is 1. The van der Waals surface area contributed by atoms with Gasteiger partial charge in [-0.2, -0.15) is 13.2 Å². The van der Waals surface area contributed by atoms with Gasteiger partial charge in [0.1, 0.15) is 5.82 Å². The van der Waals surface area contributed by atoms with Crippen molar-refractivity contribution in [3.05, 3.63) is 35.1 Å². The maximum atomic E-state index is 13.1. The van der Waals surface area contributed by atoms with E-state index in [9.17, 15) is 22.4 Å². The van der Waals surface area contributed by atoms with Crippen LogP contribution in [0.15, 0.2) is 18.2 Å². The molecule has 134 valence electrons. The number of carbonyl (C=O) groups is 1. The third kappa shape index (κ3) is 4.67. The second-order valence-electron chi connectivity index (χ2n) is 5.63. The van der Waals surface area contributed by atoms with Crippen LogP contribution in [0.1, 0.15) is 35.2 Å². The van der Waals surface area contributed by atoms with Gasteiger partial charge in [-0.3, -0.25) is 4.79 Å². The van der Waals surface area contributed by atoms with Crippen molar-refractivity contribution in [2.45, 2.75) is 31.5 Å². The van der Waals surface area contributed by atoms with E-state index in [1.165, 1.54) is 4.90 Å². The molecule has 1 saturated heterocycles. The summed E-state index contributed by atoms with van der Waals surface area (Å²) < 4.78 is 57.7. The molecule has 0 aromatic heterocycles. The number of rotatable bonds is 5. The van der Waals surface area contributed by atoms with Gasteiger partial charge in [-0.1, -0.05) is 0 Å². The summed E-state index contributed by atoms with van der Waals surface area (Å²) in [6.45, 7) is 0.988. The van der Waals surface area contributed by atoms with Crippen LogP contribution in [0.5, 0.6) is 0 Å². The number of benzene rings is 1. The summed E-state index contributed by atoms with van der Waals surface area (Å²) in [4.78, 5) is 13.7. The zero-order valence-electron chi connectivity index (χ0n) is 13.0. The van der Waals surface area contributed by atoms with Gasteiger partial charge in [0.05, 0.1) is 17.2 Å². The van der Waals surface area contributed by atoms with Crippen LogP contribution in [0.4, 0.5) is 17.6 Å². The second-order valence-corrected chi connectivity index (χ2v) is 5.63. The monoisotopic (exact) mass is 349 g/mol. The molecule has 0 atom stereocenters. The Morgan fingerprint density at radius 1 is 1.29 bits per heavy atom. The van der Waals surface area contributed by atoms with Crippen molar-refractivity contribution in [1.82, 2.24) is 4.90 Å². The summed E-state index contributed by atoms with van der Waals surface area (Å²) in [6, 6.07) is 2.08. The number of halogens is 4. The average molecular weight is 349 g/mol. The van der Waals surface area contributed by atoms with Gasteiger partial charge in [0.25, 0.3) is 5.91 Å². The van der Waals surface area contributed by atoms with Gasteiger partial charge in [-0.25, -0.2) is 4.39 Å². The smallest absolute Gasteiger partial charge is 0.396 e. The lowest BCUT2D eigenvalue weighted by molar-refractivity contribution is -0.138. The largest absolute Gasteiger partial charge is 0.417 e. The van der Waals surface area contributed by atoms with E-state index < -0.39 is 29.0 Å². The standard InChI is InChI=1S/C16H19F4NO3/c17-11-2-3-13(14(10-11)16(18,19)20)15(23)21-6-4-12(5-7-21)24-9-1-8-22/h2-3,10,12,22H,1,4-9H2. The number of hydrogen-bond acceptors (Lipinski definition) is 3. The Morgan fingerprint density at radius 3 is 2.54 bits per heavy atom. The number of hydrogen-bond donors (Lipinski definition) is 1. The third-order valence-corrected chi connectivity index (χ3v) is 3.90. The van der Waals surface area contributed by atoms with Gasteiger partial charge in [-0.05, 0) is 37.5 Å². The van der Waals surface area contributed by atoms with Gasteiger partial charge >= 0.3 is 6.18 Å². The van der Waals surface area contributed by atoms with Crippen LogP contribution in [0.25, 0.3) is 0 Å². The first-order valence-corrected chi connectivity index (χ1v) is 7.71. The van der Waals surface area contributed by atoms with E-state index in [4.69, 9.17) is 9.84 Å². The SMILES string of the molecule is O=C(c1ccc(F)cc1C(F)(F)F)N1CCC(OCCCO)CC1. The maximum Gasteiger partial charge on any atom is 0.417 e. The molecule has 1 N–H and O–H groups in total. The summed E-state index contributed by atoms with van der Waals surface area (Å²) in [7, 11) is 0. The van der Waals surface area contributed by atoms with Crippen molar-refractivity contribution in [3.63, 3.8) is 0 Å². The first-order chi connectivity index (χ1) is 11.3. The molecule has 1 heterocycles. The number of alkyl halides is 3. The number of aliphatic hydroxyl groups is 1. The molecule has 1 aliphatic heterocycles. The number of carbonyl (C=O) groups excluding carboxylic acids is 1. The van der Waals surface area contributed by atoms with Gasteiger partial charge < -0.3 is 14.7 Å². The Hall–Kier alpha value is -1.67. The van der Waals surface area contributed by atoms with E-state index in [-0.39, 0.29) is 25.8 Å². The molecule has 0 saturated carbocycles. The molecule has 4 nitrogen and oxygen atoms in total. The Kier molecular flexibility index (Phi) is 6.17. The molecular formula is C16H19F4NO3. The predicted molar refractivity (Wildman–Crippen MR) is 78.0 cm³/mol. The Labute approximate surface area is 137 Å². The maximum absolute atomic E-state index is 13.1. The van der Waals surface area contributed by atoms with E-state index >= 15 is 0 Å². The first kappa shape index (κ1) is 18.7. The number of piperidine rings is 1. The second kappa shape index (κ2) is 7.94. The highest BCUT2D eigenvalue weighted by atomic mass is 19.4. The Balaban J connectivity index is 2.03. The zero-order valence-corrected chi connectivity index (χ0v) is 13.0. The molecule has 2 rings (SSSR count). The minimum absolute atomic E-state index is 0.0299. The first-order valence-electron chi connectivity index (χ1n) is 7.71. The predicted octanol–water partition coefficient (Wildman–Crippen LogP) is 2.85. The van der Waals surface area contributed by atoms with Crippen molar-refractivity contribution >= 4 is 5.91 Å². The fourth-order valence-electron chi connectivity index (χ4n) is 2.65. The van der Waals surface area contributed by atoms with Crippen LogP contribution < -0.4 is 0 Å². The number of aliphatic hydroxyl groups excluding tert-OH is 1. The molecule has 1 fully saturated rings. The van der Waals surface area contributed by atoms with E-state index in [1.54, 1.807) is 0 Å². The summed E-state index contributed by atoms with van der Waals surface area (Å²) >= 11 is 0. The van der Waals surface area contributed by atoms with E-state index in [0.717, 1.165) is 12.1 Å². The lowest BCUT2D eigenvalue weighted by Gasteiger charge is -2.32. The van der Waals surface area contributed by atoms with Crippen LogP contribution in [0.2, 0.25) is 0 Å². The average Bonchev–Trinajstić information content (AvgIpc) is 2.54. The molecule has 0 radical (unpaired) electrons. The molecule has 1 aliphatic rings. The van der Waals surface area contributed by atoms with Crippen LogP contribution in [-0.4, -0.2) is 48.3 Å². The van der Waals surface area contributed by atoms with Crippen molar-refractivity contribution in [2.75, 3.05) is 26.3 Å². The van der Waals surface area contributed by atoms with Gasteiger partial charge in [-0.15, -0.1) is 0 Å². The van der Waals surface area contributed by atoms with Crippen LogP contribution in [0, 0.1) is 5.82 Å². The lowest BCUT2D eigenvalue weighted by atomic mass is 10.0. The van der Waals surface area contributed by atoms with Gasteiger partial charge in [0.2, 0.25) is 0 Å². The number of ether oxygens (including phenoxy) is 1. The fraction of sp³-hybridized carbons (Fsp3) is 0.562. The highest BCUT2D eigenvalue weighted by molar-refractivity contribution is 5.96. The molecule has 0 unspecified atom stereocenters. The fourth-order valence-corrected chi connectivity index (χ4v) is 2.65. The highest BCUT2D eigenvalue weighted by Crippen LogP contribution is 2.33. The van der Waals surface area contributed by atoms with Crippen molar-refractivity contribution in [1.29, 1.82) is 0 Å². The summed E-state index contributed by atoms with van der Waals surface area (Å²) in [5.74, 6) is -1.79. The quantitative estimate of drug-likeness (QED) is 0.657. The normalized spacial score (nSPS) is 16.5. The van der Waals surface area contributed by atoms with Crippen molar-refractivity contribution < 1.29 is 32.2 Å². The molecule has 1 amide bonds. The van der Waals surface area contributed by atoms with Gasteiger partial charge in [0, 0.05) is 26.3 Å². The molecule has 8 heteroatoms. The minimum Gasteiger partial charge on any atom is -0.396 e. The summed E-state index contributed by atoms with van der Waals surface area (Å²) in [5.41, 5.74) is -1.79. The lowest BCUT2D eigenvalue weighted by Crippen LogP contribution is -2.41. The number of amides is 1. The molecule has 1 aromatic rings. The molecule has 1 aromatic carbocycles. The van der Waals surface area contributed by atoms with E-state index in [2.05, 4.69) is 0 Å².